The lowest BCUT2D eigenvalue weighted by atomic mass is 10.1. The number of aromatic hydroxyl groups is 1. The number of hydrogen-bond acceptors (Lipinski definition) is 5. The summed E-state index contributed by atoms with van der Waals surface area (Å²) in [4.78, 5) is 18.5. The van der Waals surface area contributed by atoms with Gasteiger partial charge in [-0.3, -0.25) is 14.4 Å². The molecule has 0 aliphatic heterocycles. The molecule has 0 bridgehead atoms. The maximum atomic E-state index is 13.7. The smallest absolute Gasteiger partial charge is 0.268 e. The minimum absolute atomic E-state index is 0.0738. The molecule has 0 aliphatic carbocycles. The topological polar surface area (TPSA) is 79.3 Å². The molecule has 0 radical (unpaired) electrons. The number of aliphatic imine (C=N–C) groups is 1. The molecular weight excluding hydrogens is 460 g/mol. The summed E-state index contributed by atoms with van der Waals surface area (Å²) < 4.78 is 1.62. The van der Waals surface area contributed by atoms with Crippen LogP contribution in [0.2, 0.25) is 0 Å². The molecule has 0 saturated heterocycles. The average molecular weight is 487 g/mol. The average Bonchev–Trinajstić information content (AvgIpc) is 2.90. The Bertz CT molecular complexity index is 1730. The number of aromatic nitrogens is 1. The van der Waals surface area contributed by atoms with E-state index in [4.69, 9.17) is 4.99 Å². The molecule has 1 heterocycles. The Hall–Kier alpha value is -4.84. The lowest BCUT2D eigenvalue weighted by molar-refractivity contribution is 0.478. The summed E-state index contributed by atoms with van der Waals surface area (Å²) in [5.74, 6) is -0.0738. The van der Waals surface area contributed by atoms with E-state index in [2.05, 4.69) is 10.2 Å². The van der Waals surface area contributed by atoms with Crippen LogP contribution in [0.3, 0.4) is 0 Å². The Balaban J connectivity index is 1.57. The van der Waals surface area contributed by atoms with Crippen molar-refractivity contribution in [1.82, 2.24) is 4.57 Å². The number of azo groups is 1. The predicted molar refractivity (Wildman–Crippen MR) is 150 cm³/mol. The zero-order valence-electron chi connectivity index (χ0n) is 20.9. The van der Waals surface area contributed by atoms with Crippen molar-refractivity contribution in [3.63, 3.8) is 0 Å². The van der Waals surface area contributed by atoms with Gasteiger partial charge in [0.25, 0.3) is 5.56 Å². The van der Waals surface area contributed by atoms with Crippen molar-refractivity contribution in [2.75, 3.05) is 0 Å². The van der Waals surface area contributed by atoms with Gasteiger partial charge in [0.2, 0.25) is 0 Å². The largest absolute Gasteiger partial charge is 0.506 e. The fraction of sp³-hybridized carbons (Fsp3) is 0.0968. The third-order valence-corrected chi connectivity index (χ3v) is 6.29. The van der Waals surface area contributed by atoms with Crippen molar-refractivity contribution in [3.05, 3.63) is 124 Å². The molecule has 0 amide bonds. The van der Waals surface area contributed by atoms with Crippen molar-refractivity contribution in [2.45, 2.75) is 20.8 Å². The summed E-state index contributed by atoms with van der Waals surface area (Å²) in [6, 6.07) is 30.1. The summed E-state index contributed by atoms with van der Waals surface area (Å²) >= 11 is 0. The molecular formula is C31H26N4O2. The van der Waals surface area contributed by atoms with E-state index in [-0.39, 0.29) is 16.9 Å². The fourth-order valence-corrected chi connectivity index (χ4v) is 4.34. The van der Waals surface area contributed by atoms with E-state index < -0.39 is 0 Å². The molecule has 6 heteroatoms. The molecule has 37 heavy (non-hydrogen) atoms. The van der Waals surface area contributed by atoms with E-state index in [0.29, 0.717) is 28.0 Å². The van der Waals surface area contributed by atoms with E-state index in [0.717, 1.165) is 22.5 Å². The molecule has 0 atom stereocenters. The van der Waals surface area contributed by atoms with Crippen molar-refractivity contribution in [3.8, 4) is 11.4 Å². The van der Waals surface area contributed by atoms with Gasteiger partial charge in [-0.05, 0) is 80.4 Å². The van der Waals surface area contributed by atoms with Crippen molar-refractivity contribution < 1.29 is 5.11 Å². The van der Waals surface area contributed by atoms with E-state index in [1.165, 1.54) is 0 Å². The highest BCUT2D eigenvalue weighted by Gasteiger charge is 2.19. The minimum atomic E-state index is -0.329. The van der Waals surface area contributed by atoms with E-state index in [9.17, 15) is 9.90 Å². The number of nitrogens with zero attached hydrogens (tertiary/aromatic N) is 4. The summed E-state index contributed by atoms with van der Waals surface area (Å²) in [7, 11) is 0. The first-order chi connectivity index (χ1) is 17.9. The van der Waals surface area contributed by atoms with Crippen molar-refractivity contribution in [1.29, 1.82) is 0 Å². The number of fused-ring (bicyclic) bond motifs is 1. The zero-order valence-corrected chi connectivity index (χ0v) is 20.9. The summed E-state index contributed by atoms with van der Waals surface area (Å²) in [6.45, 7) is 5.67. The highest BCUT2D eigenvalue weighted by molar-refractivity contribution is 6.06. The summed E-state index contributed by atoms with van der Waals surface area (Å²) in [6.07, 6.45) is 0. The minimum Gasteiger partial charge on any atom is -0.506 e. The molecule has 0 spiro atoms. The number of hydrogen-bond donors (Lipinski definition) is 1. The van der Waals surface area contributed by atoms with E-state index >= 15 is 0 Å². The van der Waals surface area contributed by atoms with Gasteiger partial charge < -0.3 is 5.11 Å². The Labute approximate surface area is 214 Å². The molecule has 5 aromatic rings. The molecule has 0 saturated carbocycles. The van der Waals surface area contributed by atoms with Gasteiger partial charge >= 0.3 is 0 Å². The maximum absolute atomic E-state index is 13.7. The fourth-order valence-electron chi connectivity index (χ4n) is 4.34. The van der Waals surface area contributed by atoms with Crippen LogP contribution < -0.4 is 5.56 Å². The lowest BCUT2D eigenvalue weighted by Gasteiger charge is -2.15. The monoisotopic (exact) mass is 486 g/mol. The molecule has 4 aromatic carbocycles. The second-order valence-corrected chi connectivity index (χ2v) is 8.87. The normalized spacial score (nSPS) is 11.9. The van der Waals surface area contributed by atoms with Gasteiger partial charge in [-0.1, -0.05) is 48.5 Å². The number of rotatable bonds is 5. The Kier molecular flexibility index (Phi) is 6.47. The molecule has 0 aliphatic rings. The van der Waals surface area contributed by atoms with Gasteiger partial charge in [0.1, 0.15) is 11.3 Å². The molecule has 1 N–H and O–H groups in total. The highest BCUT2D eigenvalue weighted by Crippen LogP contribution is 2.31. The van der Waals surface area contributed by atoms with Gasteiger partial charge in [-0.2, -0.15) is 10.2 Å². The van der Waals surface area contributed by atoms with E-state index in [1.807, 2.05) is 105 Å². The molecule has 0 fully saturated rings. The van der Waals surface area contributed by atoms with Gasteiger partial charge in [0.05, 0.1) is 28.3 Å². The second-order valence-electron chi connectivity index (χ2n) is 8.87. The lowest BCUT2D eigenvalue weighted by Crippen LogP contribution is -2.25. The van der Waals surface area contributed by atoms with Crippen LogP contribution in [0.1, 0.15) is 23.6 Å². The van der Waals surface area contributed by atoms with Crippen molar-refractivity contribution in [2.24, 2.45) is 15.2 Å². The quantitative estimate of drug-likeness (QED) is 0.203. The summed E-state index contributed by atoms with van der Waals surface area (Å²) in [5, 5.41) is 20.5. The third kappa shape index (κ3) is 4.69. The van der Waals surface area contributed by atoms with Gasteiger partial charge in [0.15, 0.2) is 0 Å². The van der Waals surface area contributed by atoms with Crippen LogP contribution in [-0.2, 0) is 0 Å². The summed E-state index contributed by atoms with van der Waals surface area (Å²) in [5.41, 5.74) is 5.76. The molecule has 5 rings (SSSR count). The Morgan fingerprint density at radius 2 is 1.46 bits per heavy atom. The van der Waals surface area contributed by atoms with Crippen LogP contribution in [-0.4, -0.2) is 15.4 Å². The first kappa shape index (κ1) is 23.9. The molecule has 6 nitrogen and oxygen atoms in total. The van der Waals surface area contributed by atoms with Crippen LogP contribution in [0, 0.1) is 13.8 Å². The van der Waals surface area contributed by atoms with Crippen LogP contribution in [0.5, 0.6) is 5.75 Å². The van der Waals surface area contributed by atoms with E-state index in [1.54, 1.807) is 17.6 Å². The van der Waals surface area contributed by atoms with Gasteiger partial charge in [-0.15, -0.1) is 0 Å². The van der Waals surface area contributed by atoms with Crippen molar-refractivity contribution >= 4 is 33.7 Å². The Morgan fingerprint density at radius 3 is 2.22 bits per heavy atom. The molecule has 1 aromatic heterocycles. The van der Waals surface area contributed by atoms with Gasteiger partial charge in [-0.25, -0.2) is 0 Å². The van der Waals surface area contributed by atoms with Crippen LogP contribution in [0.4, 0.5) is 17.1 Å². The van der Waals surface area contributed by atoms with Gasteiger partial charge in [0, 0.05) is 11.1 Å². The first-order valence-electron chi connectivity index (χ1n) is 12.0. The number of aryl methyl sites for hydroxylation is 2. The van der Waals surface area contributed by atoms with Crippen LogP contribution in [0.25, 0.3) is 16.6 Å². The third-order valence-electron chi connectivity index (χ3n) is 6.29. The standard InChI is InChI=1S/C31H26N4O2/c1-20-11-7-9-15-27(20)34-33-23-17-18-26(21(2)19-23)32-22(3)29-30(36)25-14-8-10-16-28(25)35(31(29)37)24-12-5-4-6-13-24/h4-19,36H,1-3H3. The predicted octanol–water partition coefficient (Wildman–Crippen LogP) is 7.87. The first-order valence-corrected chi connectivity index (χ1v) is 12.0. The molecule has 182 valence electrons. The SMILES string of the molecule is CC(=Nc1ccc(N=Nc2ccccc2C)cc1C)c1c(O)c2ccccc2n(-c2ccccc2)c1=O. The van der Waals surface area contributed by atoms with Crippen LogP contribution in [0.15, 0.2) is 117 Å². The van der Waals surface area contributed by atoms with Crippen LogP contribution >= 0.6 is 0 Å². The number of benzene rings is 4. The highest BCUT2D eigenvalue weighted by atomic mass is 16.3. The number of pyridine rings is 1. The maximum Gasteiger partial charge on any atom is 0.268 e. The Morgan fingerprint density at radius 1 is 0.757 bits per heavy atom. The number of para-hydroxylation sites is 2. The zero-order chi connectivity index (χ0) is 25.9. The second kappa shape index (κ2) is 10.0. The molecule has 0 unspecified atom stereocenters.